The Balaban J connectivity index is 1.13. The third-order valence-corrected chi connectivity index (χ3v) is 7.21. The van der Waals surface area contributed by atoms with Gasteiger partial charge < -0.3 is 19.5 Å². The summed E-state index contributed by atoms with van der Waals surface area (Å²) in [6, 6.07) is 0.449. The molecule has 1 spiro atoms. The minimum Gasteiger partial charge on any atom is -0.375 e. The molecule has 2 saturated heterocycles. The maximum absolute atomic E-state index is 12.7. The Morgan fingerprint density at radius 2 is 2.00 bits per heavy atom. The first-order chi connectivity index (χ1) is 15.7. The van der Waals surface area contributed by atoms with Crippen LogP contribution >= 0.6 is 0 Å². The molecular weight excluding hydrogens is 408 g/mol. The summed E-state index contributed by atoms with van der Waals surface area (Å²) in [5, 5.41) is 7.31. The van der Waals surface area contributed by atoms with Crippen LogP contribution in [0.25, 0.3) is 11.5 Å². The van der Waals surface area contributed by atoms with Gasteiger partial charge in [0.1, 0.15) is 5.69 Å². The Morgan fingerprint density at radius 3 is 2.78 bits per heavy atom. The molecule has 4 heterocycles. The summed E-state index contributed by atoms with van der Waals surface area (Å²) in [5.74, 6) is 1.55. The highest BCUT2D eigenvalue weighted by Crippen LogP contribution is 2.39. The first kappa shape index (κ1) is 21.3. The molecule has 0 aromatic carbocycles. The number of amides is 2. The van der Waals surface area contributed by atoms with E-state index in [0.29, 0.717) is 29.4 Å². The van der Waals surface area contributed by atoms with E-state index in [1.54, 1.807) is 18.6 Å². The van der Waals surface area contributed by atoms with Gasteiger partial charge in [0.15, 0.2) is 0 Å². The standard InChI is InChI=1S/C23H32N6O3/c30-22(26-18-4-2-1-3-5-18)29-11-7-23(8-12-29)15-17(6-13-31-23)14-20-27-21(28-32-20)19-16-24-9-10-25-19/h9-10,16-18H,1-8,11-15H2,(H,26,30). The Hall–Kier alpha value is -2.55. The molecule has 0 bridgehead atoms. The van der Waals surface area contributed by atoms with Crippen LogP contribution in [-0.4, -0.2) is 62.4 Å². The van der Waals surface area contributed by atoms with E-state index in [9.17, 15) is 4.79 Å². The molecule has 1 aliphatic carbocycles. The van der Waals surface area contributed by atoms with Crippen molar-refractivity contribution in [2.75, 3.05) is 19.7 Å². The van der Waals surface area contributed by atoms with Gasteiger partial charge in [-0.1, -0.05) is 24.4 Å². The number of ether oxygens (including phenoxy) is 1. The van der Waals surface area contributed by atoms with Crippen LogP contribution in [0, 0.1) is 5.92 Å². The maximum atomic E-state index is 12.7. The highest BCUT2D eigenvalue weighted by Gasteiger charge is 2.41. The van der Waals surface area contributed by atoms with Crippen LogP contribution in [0.4, 0.5) is 4.79 Å². The lowest BCUT2D eigenvalue weighted by molar-refractivity contribution is -0.123. The average molecular weight is 441 g/mol. The molecule has 5 rings (SSSR count). The van der Waals surface area contributed by atoms with Gasteiger partial charge in [-0.25, -0.2) is 9.78 Å². The van der Waals surface area contributed by atoms with Crippen LogP contribution in [0.2, 0.25) is 0 Å². The second-order valence-electron chi connectivity index (χ2n) is 9.47. The number of hydrogen-bond acceptors (Lipinski definition) is 7. The SMILES string of the molecule is O=C(NC1CCCCC1)N1CCC2(CC1)CC(Cc1nc(-c3cnccn3)no1)CCO2. The second-order valence-corrected chi connectivity index (χ2v) is 9.47. The molecule has 32 heavy (non-hydrogen) atoms. The third-order valence-electron chi connectivity index (χ3n) is 7.21. The van der Waals surface area contributed by atoms with E-state index in [0.717, 1.165) is 64.6 Å². The number of piperidine rings is 1. The van der Waals surface area contributed by atoms with E-state index in [4.69, 9.17) is 9.26 Å². The minimum absolute atomic E-state index is 0.0986. The zero-order valence-electron chi connectivity index (χ0n) is 18.5. The molecule has 2 aliphatic heterocycles. The summed E-state index contributed by atoms with van der Waals surface area (Å²) in [5.41, 5.74) is 0.475. The quantitative estimate of drug-likeness (QED) is 0.777. The summed E-state index contributed by atoms with van der Waals surface area (Å²) in [6.07, 6.45) is 15.3. The van der Waals surface area contributed by atoms with Crippen molar-refractivity contribution in [2.24, 2.45) is 5.92 Å². The topological polar surface area (TPSA) is 106 Å². The molecule has 9 heteroatoms. The van der Waals surface area contributed by atoms with Gasteiger partial charge in [0.25, 0.3) is 0 Å². The van der Waals surface area contributed by atoms with Gasteiger partial charge >= 0.3 is 6.03 Å². The normalized spacial score (nSPS) is 23.9. The van der Waals surface area contributed by atoms with E-state index >= 15 is 0 Å². The Kier molecular flexibility index (Phi) is 6.34. The predicted molar refractivity (Wildman–Crippen MR) is 117 cm³/mol. The second kappa shape index (κ2) is 9.52. The smallest absolute Gasteiger partial charge is 0.317 e. The van der Waals surface area contributed by atoms with Crippen LogP contribution < -0.4 is 5.32 Å². The van der Waals surface area contributed by atoms with Gasteiger partial charge in [0.2, 0.25) is 11.7 Å². The van der Waals surface area contributed by atoms with E-state index in [1.165, 1.54) is 19.3 Å². The number of carbonyl (C=O) groups excluding carboxylic acids is 1. The number of nitrogens with one attached hydrogen (secondary N) is 1. The Labute approximate surface area is 188 Å². The summed E-state index contributed by atoms with van der Waals surface area (Å²) in [6.45, 7) is 2.25. The van der Waals surface area contributed by atoms with Crippen molar-refractivity contribution >= 4 is 6.03 Å². The van der Waals surface area contributed by atoms with E-state index < -0.39 is 0 Å². The molecule has 2 aromatic rings. The van der Waals surface area contributed by atoms with Crippen molar-refractivity contribution in [3.05, 3.63) is 24.5 Å². The van der Waals surface area contributed by atoms with Gasteiger partial charge in [0, 0.05) is 44.6 Å². The number of hydrogen-bond donors (Lipinski definition) is 1. The largest absolute Gasteiger partial charge is 0.375 e. The lowest BCUT2D eigenvalue weighted by Gasteiger charge is -2.46. The van der Waals surface area contributed by atoms with Crippen LogP contribution in [0.5, 0.6) is 0 Å². The summed E-state index contributed by atoms with van der Waals surface area (Å²) >= 11 is 0. The van der Waals surface area contributed by atoms with Crippen LogP contribution in [-0.2, 0) is 11.2 Å². The third kappa shape index (κ3) is 4.92. The van der Waals surface area contributed by atoms with Crippen molar-refractivity contribution < 1.29 is 14.1 Å². The summed E-state index contributed by atoms with van der Waals surface area (Å²) in [4.78, 5) is 27.5. The van der Waals surface area contributed by atoms with Gasteiger partial charge in [-0.3, -0.25) is 4.98 Å². The lowest BCUT2D eigenvalue weighted by atomic mass is 9.78. The zero-order chi connectivity index (χ0) is 21.8. The highest BCUT2D eigenvalue weighted by molar-refractivity contribution is 5.74. The molecule has 2 aromatic heterocycles. The molecule has 3 aliphatic rings. The zero-order valence-corrected chi connectivity index (χ0v) is 18.5. The fourth-order valence-electron chi connectivity index (χ4n) is 5.39. The van der Waals surface area contributed by atoms with Crippen molar-refractivity contribution in [3.63, 3.8) is 0 Å². The molecule has 0 radical (unpaired) electrons. The lowest BCUT2D eigenvalue weighted by Crippen LogP contribution is -2.54. The van der Waals surface area contributed by atoms with E-state index in [1.807, 2.05) is 4.90 Å². The van der Waals surface area contributed by atoms with Crippen LogP contribution in [0.1, 0.15) is 63.7 Å². The molecule has 1 N–H and O–H groups in total. The number of urea groups is 1. The number of nitrogens with zero attached hydrogens (tertiary/aromatic N) is 5. The average Bonchev–Trinajstić information content (AvgIpc) is 3.29. The first-order valence-corrected chi connectivity index (χ1v) is 12.0. The Morgan fingerprint density at radius 1 is 1.16 bits per heavy atom. The summed E-state index contributed by atoms with van der Waals surface area (Å²) in [7, 11) is 0. The fraction of sp³-hybridized carbons (Fsp3) is 0.696. The number of rotatable bonds is 4. The van der Waals surface area contributed by atoms with Crippen LogP contribution in [0.3, 0.4) is 0 Å². The van der Waals surface area contributed by atoms with Gasteiger partial charge in [-0.15, -0.1) is 0 Å². The highest BCUT2D eigenvalue weighted by atomic mass is 16.5. The molecule has 172 valence electrons. The van der Waals surface area contributed by atoms with Crippen molar-refractivity contribution in [1.82, 2.24) is 30.3 Å². The van der Waals surface area contributed by atoms with E-state index in [-0.39, 0.29) is 11.6 Å². The van der Waals surface area contributed by atoms with E-state index in [2.05, 4.69) is 25.4 Å². The van der Waals surface area contributed by atoms with Crippen molar-refractivity contribution in [1.29, 1.82) is 0 Å². The summed E-state index contributed by atoms with van der Waals surface area (Å²) < 4.78 is 11.8. The molecule has 1 atom stereocenters. The van der Waals surface area contributed by atoms with Crippen molar-refractivity contribution in [3.8, 4) is 11.5 Å². The van der Waals surface area contributed by atoms with Crippen LogP contribution in [0.15, 0.2) is 23.1 Å². The number of likely N-dealkylation sites (tertiary alicyclic amines) is 1. The first-order valence-electron chi connectivity index (χ1n) is 12.0. The minimum atomic E-state index is -0.141. The Bertz CT molecular complexity index is 890. The number of aromatic nitrogens is 4. The molecular formula is C23H32N6O3. The molecule has 3 fully saturated rings. The molecule has 2 amide bonds. The van der Waals surface area contributed by atoms with Gasteiger partial charge in [0.05, 0.1) is 11.8 Å². The predicted octanol–water partition coefficient (Wildman–Crippen LogP) is 3.37. The van der Waals surface area contributed by atoms with Gasteiger partial charge in [-0.2, -0.15) is 4.98 Å². The molecule has 9 nitrogen and oxygen atoms in total. The molecule has 1 unspecified atom stereocenters. The number of carbonyl (C=O) groups is 1. The maximum Gasteiger partial charge on any atom is 0.317 e. The fourth-order valence-corrected chi connectivity index (χ4v) is 5.39. The van der Waals surface area contributed by atoms with Gasteiger partial charge in [-0.05, 0) is 44.4 Å². The molecule has 1 saturated carbocycles. The monoisotopic (exact) mass is 440 g/mol. The van der Waals surface area contributed by atoms with Crippen molar-refractivity contribution in [2.45, 2.75) is 75.9 Å².